The minimum atomic E-state index is 0. The van der Waals surface area contributed by atoms with Crippen molar-refractivity contribution in [3.05, 3.63) is 0 Å². The Morgan fingerprint density at radius 1 is 0.824 bits per heavy atom. The van der Waals surface area contributed by atoms with Gasteiger partial charge in [-0.25, -0.2) is 0 Å². The highest BCUT2D eigenvalue weighted by Crippen LogP contribution is 1.91. The summed E-state index contributed by atoms with van der Waals surface area (Å²) in [4.78, 5) is 20.3. The molecule has 110 valence electrons. The maximum Gasteiger partial charge on any atom is 0.222 e. The number of hydrogen-bond acceptors (Lipinski definition) is 2. The maximum absolute atomic E-state index is 10.8. The van der Waals surface area contributed by atoms with Gasteiger partial charge in [-0.2, -0.15) is 0 Å². The van der Waals surface area contributed by atoms with Crippen LogP contribution in [0.2, 0.25) is 0 Å². The molecular formula is C14H37NO2. The van der Waals surface area contributed by atoms with Crippen molar-refractivity contribution < 1.29 is 9.59 Å². The largest absolute Gasteiger partial charge is 0.354 e. The van der Waals surface area contributed by atoms with Gasteiger partial charge < -0.3 is 10.1 Å². The molecule has 0 aromatic rings. The molecule has 1 amide bonds. The summed E-state index contributed by atoms with van der Waals surface area (Å²) in [5.74, 6) is 0.400. The second-order valence-electron chi connectivity index (χ2n) is 3.73. The molecule has 0 bridgehead atoms. The highest BCUT2D eigenvalue weighted by Gasteiger charge is 2.06. The Hall–Kier alpha value is -0.860. The number of hydrogen-bond donors (Lipinski definition) is 1. The van der Waals surface area contributed by atoms with Crippen molar-refractivity contribution in [3.8, 4) is 0 Å². The second kappa shape index (κ2) is 20.5. The van der Waals surface area contributed by atoms with E-state index in [-0.39, 0.29) is 53.4 Å². The van der Waals surface area contributed by atoms with Gasteiger partial charge in [-0.15, -0.1) is 0 Å². The second-order valence-corrected chi connectivity index (χ2v) is 3.73. The van der Waals surface area contributed by atoms with Gasteiger partial charge in [0.2, 0.25) is 5.91 Å². The standard InChI is InChI=1S/C7H15NO.C3H6O.4CH4/c1-5(2)7(9)8-6(3)4;1-3(2)4;;;;/h5-6H,1-4H3,(H,8,9);1-2H3;4*1H4. The zero-order valence-corrected chi connectivity index (χ0v) is 9.47. The lowest BCUT2D eigenvalue weighted by Gasteiger charge is -2.09. The van der Waals surface area contributed by atoms with E-state index in [0.29, 0.717) is 0 Å². The van der Waals surface area contributed by atoms with E-state index in [2.05, 4.69) is 5.32 Å². The van der Waals surface area contributed by atoms with Crippen LogP contribution in [0.3, 0.4) is 0 Å². The first-order valence-corrected chi connectivity index (χ1v) is 4.54. The number of ketones is 1. The molecule has 0 spiro atoms. The highest BCUT2D eigenvalue weighted by molar-refractivity contribution is 5.78. The third kappa shape index (κ3) is 51.3. The summed E-state index contributed by atoms with van der Waals surface area (Å²) < 4.78 is 0. The van der Waals surface area contributed by atoms with E-state index in [9.17, 15) is 9.59 Å². The molecule has 0 saturated heterocycles. The van der Waals surface area contributed by atoms with E-state index in [0.717, 1.165) is 0 Å². The first-order valence-electron chi connectivity index (χ1n) is 4.54. The fourth-order valence-corrected chi connectivity index (χ4v) is 0.451. The minimum absolute atomic E-state index is 0. The molecular weight excluding hydrogens is 214 g/mol. The number of rotatable bonds is 2. The molecule has 0 saturated carbocycles. The predicted octanol–water partition coefficient (Wildman–Crippen LogP) is 4.31. The van der Waals surface area contributed by atoms with Crippen LogP contribution in [-0.4, -0.2) is 17.7 Å². The van der Waals surface area contributed by atoms with E-state index in [1.807, 2.05) is 27.7 Å². The number of carbonyl (C=O) groups excluding carboxylic acids is 2. The van der Waals surface area contributed by atoms with E-state index in [1.165, 1.54) is 13.8 Å². The monoisotopic (exact) mass is 251 g/mol. The molecule has 0 aromatic heterocycles. The van der Waals surface area contributed by atoms with Gasteiger partial charge in [0.05, 0.1) is 0 Å². The molecule has 0 aliphatic heterocycles. The van der Waals surface area contributed by atoms with Gasteiger partial charge in [0.15, 0.2) is 0 Å². The molecule has 3 heteroatoms. The lowest BCUT2D eigenvalue weighted by atomic mass is 10.2. The molecule has 0 fully saturated rings. The summed E-state index contributed by atoms with van der Waals surface area (Å²) >= 11 is 0. The molecule has 0 aromatic carbocycles. The fourth-order valence-electron chi connectivity index (χ4n) is 0.451. The number of carbonyl (C=O) groups is 2. The van der Waals surface area contributed by atoms with Gasteiger partial charge in [-0.3, -0.25) is 4.79 Å². The van der Waals surface area contributed by atoms with Crippen LogP contribution in [0, 0.1) is 5.92 Å². The van der Waals surface area contributed by atoms with Gasteiger partial charge in [-0.1, -0.05) is 43.6 Å². The van der Waals surface area contributed by atoms with Crippen LogP contribution < -0.4 is 5.32 Å². The van der Waals surface area contributed by atoms with Crippen molar-refractivity contribution in [1.29, 1.82) is 0 Å². The normalized spacial score (nSPS) is 7.06. The van der Waals surface area contributed by atoms with Gasteiger partial charge in [-0.05, 0) is 27.7 Å². The van der Waals surface area contributed by atoms with Crippen molar-refractivity contribution in [2.24, 2.45) is 5.92 Å². The van der Waals surface area contributed by atoms with Gasteiger partial charge >= 0.3 is 0 Å². The molecule has 0 rings (SSSR count). The first-order chi connectivity index (χ1) is 5.77. The molecule has 0 unspecified atom stereocenters. The Bertz CT molecular complexity index is 160. The summed E-state index contributed by atoms with van der Waals surface area (Å²) in [5, 5.41) is 2.80. The van der Waals surface area contributed by atoms with Crippen LogP contribution in [0.5, 0.6) is 0 Å². The summed E-state index contributed by atoms with van der Waals surface area (Å²) in [6.45, 7) is 10.7. The molecule has 0 atom stereocenters. The number of Topliss-reactive ketones (excluding diaryl/α,β-unsaturated/α-hetero) is 1. The Morgan fingerprint density at radius 3 is 1.12 bits per heavy atom. The highest BCUT2D eigenvalue weighted by atomic mass is 16.1. The predicted molar refractivity (Wildman–Crippen MR) is 81.4 cm³/mol. The first kappa shape index (κ1) is 36.0. The third-order valence-corrected chi connectivity index (χ3v) is 0.955. The van der Waals surface area contributed by atoms with Crippen molar-refractivity contribution in [1.82, 2.24) is 5.32 Å². The van der Waals surface area contributed by atoms with Crippen LogP contribution >= 0.6 is 0 Å². The molecule has 0 heterocycles. The maximum atomic E-state index is 10.8. The molecule has 0 aliphatic carbocycles. The lowest BCUT2D eigenvalue weighted by Crippen LogP contribution is -2.33. The molecule has 3 nitrogen and oxygen atoms in total. The van der Waals surface area contributed by atoms with Gasteiger partial charge in [0.1, 0.15) is 5.78 Å². The van der Waals surface area contributed by atoms with E-state index in [4.69, 9.17) is 0 Å². The summed E-state index contributed by atoms with van der Waals surface area (Å²) in [7, 11) is 0. The van der Waals surface area contributed by atoms with Crippen LogP contribution in [0.25, 0.3) is 0 Å². The van der Waals surface area contributed by atoms with Crippen molar-refractivity contribution in [2.45, 2.75) is 77.3 Å². The summed E-state index contributed by atoms with van der Waals surface area (Å²) in [5.41, 5.74) is 0. The van der Waals surface area contributed by atoms with Gasteiger partial charge in [0, 0.05) is 12.0 Å². The Labute approximate surface area is 110 Å². The zero-order valence-electron chi connectivity index (χ0n) is 9.47. The molecule has 17 heavy (non-hydrogen) atoms. The minimum Gasteiger partial charge on any atom is -0.354 e. The quantitative estimate of drug-likeness (QED) is 0.795. The van der Waals surface area contributed by atoms with Crippen LogP contribution in [0.15, 0.2) is 0 Å². The van der Waals surface area contributed by atoms with E-state index >= 15 is 0 Å². The van der Waals surface area contributed by atoms with Crippen molar-refractivity contribution in [2.75, 3.05) is 0 Å². The number of amides is 1. The van der Waals surface area contributed by atoms with Crippen molar-refractivity contribution in [3.63, 3.8) is 0 Å². The average Bonchev–Trinajstić information content (AvgIpc) is 1.83. The third-order valence-electron chi connectivity index (χ3n) is 0.955. The Kier molecular flexibility index (Phi) is 43.5. The average molecular weight is 251 g/mol. The van der Waals surface area contributed by atoms with Crippen LogP contribution in [-0.2, 0) is 9.59 Å². The molecule has 0 radical (unpaired) electrons. The fraction of sp³-hybridized carbons (Fsp3) is 0.857. The SMILES string of the molecule is C.C.C.C.CC(C)=O.CC(C)NC(=O)C(C)C. The Morgan fingerprint density at radius 2 is 1.06 bits per heavy atom. The smallest absolute Gasteiger partial charge is 0.222 e. The van der Waals surface area contributed by atoms with E-state index in [1.54, 1.807) is 0 Å². The topological polar surface area (TPSA) is 46.2 Å². The van der Waals surface area contributed by atoms with Crippen LogP contribution in [0.1, 0.15) is 71.2 Å². The zero-order chi connectivity index (χ0) is 11.0. The van der Waals surface area contributed by atoms with E-state index < -0.39 is 0 Å². The van der Waals surface area contributed by atoms with Gasteiger partial charge in [0.25, 0.3) is 0 Å². The summed E-state index contributed by atoms with van der Waals surface area (Å²) in [6.07, 6.45) is 0. The molecule has 0 aliphatic rings. The van der Waals surface area contributed by atoms with Crippen LogP contribution in [0.4, 0.5) is 0 Å². The van der Waals surface area contributed by atoms with Crippen molar-refractivity contribution >= 4 is 11.7 Å². The molecule has 1 N–H and O–H groups in total. The number of nitrogens with one attached hydrogen (secondary N) is 1. The summed E-state index contributed by atoms with van der Waals surface area (Å²) in [6, 6.07) is 0.264. The lowest BCUT2D eigenvalue weighted by molar-refractivity contribution is -0.124. The Balaban J connectivity index is -0.0000000338.